The average molecular weight is 961 g/mol. The number of fused-ring (bicyclic) bond motifs is 1. The van der Waals surface area contributed by atoms with Crippen LogP contribution in [0.3, 0.4) is 0 Å². The number of nitrogens with zero attached hydrogens (tertiary/aromatic N) is 8. The molecule has 4 fully saturated rings. The highest BCUT2D eigenvalue weighted by Gasteiger charge is 2.43. The van der Waals surface area contributed by atoms with Gasteiger partial charge in [-0.2, -0.15) is 13.2 Å². The molecule has 3 aromatic heterocycles. The van der Waals surface area contributed by atoms with Gasteiger partial charge in [0.15, 0.2) is 6.10 Å². The van der Waals surface area contributed by atoms with Gasteiger partial charge in [0.05, 0.1) is 85.5 Å². The predicted molar refractivity (Wildman–Crippen MR) is 253 cm³/mol. The Bertz CT molecular complexity index is 2430. The van der Waals surface area contributed by atoms with Crippen molar-refractivity contribution in [3.63, 3.8) is 0 Å². The third-order valence-corrected chi connectivity index (χ3v) is 12.9. The van der Waals surface area contributed by atoms with Crippen molar-refractivity contribution >= 4 is 58.1 Å². The van der Waals surface area contributed by atoms with Gasteiger partial charge in [-0.25, -0.2) is 15.0 Å². The second-order valence-electron chi connectivity index (χ2n) is 17.8. The van der Waals surface area contributed by atoms with Crippen molar-refractivity contribution < 1.29 is 37.0 Å². The molecule has 0 saturated carbocycles. The molecule has 6 aliphatic rings. The summed E-state index contributed by atoms with van der Waals surface area (Å²) in [5.41, 5.74) is 9.75. The van der Waals surface area contributed by atoms with E-state index < -0.39 is 30.5 Å². The van der Waals surface area contributed by atoms with Crippen LogP contribution < -0.4 is 57.7 Å². The van der Waals surface area contributed by atoms with Crippen LogP contribution >= 0.6 is 0 Å². The molecule has 6 aliphatic heterocycles. The molecule has 3 aromatic rings. The van der Waals surface area contributed by atoms with Crippen molar-refractivity contribution in [2.45, 2.75) is 57.5 Å². The van der Waals surface area contributed by atoms with Gasteiger partial charge in [-0.05, 0) is 45.0 Å². The molecule has 0 spiro atoms. The molecule has 0 bridgehead atoms. The lowest BCUT2D eigenvalue weighted by Gasteiger charge is -2.40. The second kappa shape index (κ2) is 20.0. The SMILES string of the molecule is CC1NC(=O)C(C(C)Nc2ccc(N3CCOCC3)nc2)=C(/C=C(\N)N2CCN(C(=O)C3CN(c4ccc(Nc5nc(N6CCNC(C(F)(F)F)C6)cc6c5C(=O)NC(C)N6)cn4)CCO3)CC2)N1. The smallest absolute Gasteiger partial charge is 0.385 e. The molecule has 0 radical (unpaired) electrons. The zero-order chi connectivity index (χ0) is 48.4. The number of alkyl halides is 3. The van der Waals surface area contributed by atoms with Crippen molar-refractivity contribution in [1.82, 2.24) is 46.0 Å². The fraction of sp³-hybridized carbons (Fsp3) is 0.511. The highest BCUT2D eigenvalue weighted by molar-refractivity contribution is 6.07. The molecule has 9 N–H and O–H groups in total. The zero-order valence-corrected chi connectivity index (χ0v) is 38.7. The van der Waals surface area contributed by atoms with Gasteiger partial charge in [-0.1, -0.05) is 0 Å². The summed E-state index contributed by atoms with van der Waals surface area (Å²) in [7, 11) is 0. The van der Waals surface area contributed by atoms with E-state index in [9.17, 15) is 27.6 Å². The molecule has 9 heterocycles. The van der Waals surface area contributed by atoms with Crippen LogP contribution in [0.1, 0.15) is 31.1 Å². The van der Waals surface area contributed by atoms with E-state index in [1.165, 1.54) is 0 Å². The van der Waals surface area contributed by atoms with Crippen LogP contribution in [0.25, 0.3) is 0 Å². The predicted octanol–water partition coefficient (Wildman–Crippen LogP) is 1.26. The number of halogens is 3. The summed E-state index contributed by atoms with van der Waals surface area (Å²) in [5.74, 6) is 1.68. The van der Waals surface area contributed by atoms with Crippen molar-refractivity contribution in [2.75, 3.05) is 122 Å². The summed E-state index contributed by atoms with van der Waals surface area (Å²) in [6.07, 6.45) is -0.761. The van der Waals surface area contributed by atoms with Crippen LogP contribution in [-0.4, -0.2) is 171 Å². The standard InChI is InChI=1S/C45H59F3N16O5/c1-26(53-29-4-6-36(51-22-29)61-14-17-68-18-15-61)39-31(54-27(2)56-42(39)65)20-35(49)60-10-12-62(13-11-60)44(67)33-24-64(16-19-69-33)37-7-5-30(23-52-37)58-41-40-32(55-28(3)57-43(40)66)21-38(59-41)63-9-8-50-34(25-63)45(46,47)48/h4-7,20-23,26-28,33-34,50,53-55H,8-19,24-25,49H2,1-3H3,(H,56,65)(H,57,66)(H,58,59)/b35-20+. The minimum absolute atomic E-state index is 0.115. The second-order valence-corrected chi connectivity index (χ2v) is 17.8. The highest BCUT2D eigenvalue weighted by atomic mass is 19.4. The van der Waals surface area contributed by atoms with Gasteiger partial charge in [-0.3, -0.25) is 14.4 Å². The molecular formula is C45H59F3N16O5. The van der Waals surface area contributed by atoms with Gasteiger partial charge in [-0.15, -0.1) is 0 Å². The van der Waals surface area contributed by atoms with Crippen LogP contribution in [0.15, 0.2) is 65.9 Å². The number of anilines is 7. The third kappa shape index (κ3) is 10.8. The first-order chi connectivity index (χ1) is 33.2. The van der Waals surface area contributed by atoms with Gasteiger partial charge < -0.3 is 76.9 Å². The van der Waals surface area contributed by atoms with Gasteiger partial charge in [0, 0.05) is 77.6 Å². The molecule has 3 amide bonds. The van der Waals surface area contributed by atoms with E-state index in [0.29, 0.717) is 99.2 Å². The Hall–Kier alpha value is -6.79. The summed E-state index contributed by atoms with van der Waals surface area (Å²) in [5, 5.41) is 21.4. The van der Waals surface area contributed by atoms with Crippen molar-refractivity contribution in [3.8, 4) is 0 Å². The molecule has 69 heavy (non-hydrogen) atoms. The Morgan fingerprint density at radius 2 is 1.46 bits per heavy atom. The van der Waals surface area contributed by atoms with E-state index in [1.807, 2.05) is 35.8 Å². The topological polar surface area (TPSA) is 235 Å². The number of pyridine rings is 3. The number of hydrogen-bond donors (Lipinski definition) is 8. The normalized spacial score (nSPS) is 24.1. The lowest BCUT2D eigenvalue weighted by atomic mass is 10.0. The van der Waals surface area contributed by atoms with Crippen molar-refractivity contribution in [1.29, 1.82) is 0 Å². The number of carbonyl (C=O) groups excluding carboxylic acids is 3. The summed E-state index contributed by atoms with van der Waals surface area (Å²) < 4.78 is 52.4. The Balaban J connectivity index is 0.812. The van der Waals surface area contributed by atoms with Gasteiger partial charge in [0.1, 0.15) is 40.7 Å². The van der Waals surface area contributed by atoms with E-state index in [1.54, 1.807) is 53.4 Å². The molecule has 21 nitrogen and oxygen atoms in total. The number of rotatable bonds is 11. The number of morpholine rings is 2. The van der Waals surface area contributed by atoms with E-state index in [4.69, 9.17) is 15.2 Å². The lowest BCUT2D eigenvalue weighted by Crippen LogP contribution is -2.57. The fourth-order valence-electron chi connectivity index (χ4n) is 9.33. The van der Waals surface area contributed by atoms with Crippen LogP contribution in [-0.2, 0) is 19.1 Å². The van der Waals surface area contributed by atoms with Crippen LogP contribution in [0.2, 0.25) is 0 Å². The Morgan fingerprint density at radius 3 is 2.17 bits per heavy atom. The number of piperazine rings is 2. The molecule has 5 unspecified atom stereocenters. The Kier molecular flexibility index (Phi) is 13.7. The quantitative estimate of drug-likeness (QED) is 0.135. The number of nitrogens with one attached hydrogen (secondary N) is 7. The highest BCUT2D eigenvalue weighted by Crippen LogP contribution is 2.34. The first-order valence-electron chi connectivity index (χ1n) is 23.3. The van der Waals surface area contributed by atoms with Gasteiger partial charge in [0.2, 0.25) is 0 Å². The fourth-order valence-corrected chi connectivity index (χ4v) is 9.33. The molecule has 370 valence electrons. The number of allylic oxidation sites excluding steroid dienone is 1. The number of aromatic nitrogens is 3. The molecular weight excluding hydrogens is 902 g/mol. The Labute approximate surface area is 397 Å². The van der Waals surface area contributed by atoms with Crippen LogP contribution in [0.4, 0.5) is 53.5 Å². The van der Waals surface area contributed by atoms with Gasteiger partial charge in [0.25, 0.3) is 17.7 Å². The number of carbonyl (C=O) groups is 3. The number of hydrogen-bond acceptors (Lipinski definition) is 18. The molecule has 5 atom stereocenters. The lowest BCUT2D eigenvalue weighted by molar-refractivity contribution is -0.155. The maximum atomic E-state index is 13.9. The molecule has 0 aliphatic carbocycles. The van der Waals surface area contributed by atoms with Gasteiger partial charge >= 0.3 is 6.18 Å². The number of amides is 3. The maximum Gasteiger partial charge on any atom is 0.405 e. The largest absolute Gasteiger partial charge is 0.405 e. The summed E-state index contributed by atoms with van der Waals surface area (Å²) in [6, 6.07) is 6.96. The summed E-state index contributed by atoms with van der Waals surface area (Å²) >= 11 is 0. The van der Waals surface area contributed by atoms with E-state index in [0.717, 1.165) is 24.6 Å². The third-order valence-electron chi connectivity index (χ3n) is 12.9. The number of ether oxygens (including phenoxy) is 2. The van der Waals surface area contributed by atoms with Crippen molar-refractivity contribution in [2.24, 2.45) is 5.73 Å². The Morgan fingerprint density at radius 1 is 0.812 bits per heavy atom. The summed E-state index contributed by atoms with van der Waals surface area (Å²) in [6.45, 7) is 11.4. The minimum atomic E-state index is -4.43. The molecule has 0 aromatic carbocycles. The van der Waals surface area contributed by atoms with Crippen LogP contribution in [0, 0.1) is 0 Å². The molecule has 24 heteroatoms. The monoisotopic (exact) mass is 960 g/mol. The van der Waals surface area contributed by atoms with Crippen LogP contribution in [0.5, 0.6) is 0 Å². The number of nitrogens with two attached hydrogens (primary N) is 1. The average Bonchev–Trinajstić information content (AvgIpc) is 3.34. The summed E-state index contributed by atoms with van der Waals surface area (Å²) in [4.78, 5) is 63.9. The van der Waals surface area contributed by atoms with E-state index in [2.05, 4.69) is 57.1 Å². The molecule has 4 saturated heterocycles. The first-order valence-corrected chi connectivity index (χ1v) is 23.3. The molecule has 9 rings (SSSR count). The first kappa shape index (κ1) is 47.3. The van der Waals surface area contributed by atoms with E-state index in [-0.39, 0.29) is 54.9 Å². The zero-order valence-electron chi connectivity index (χ0n) is 38.7. The maximum absolute atomic E-state index is 13.9. The van der Waals surface area contributed by atoms with Crippen molar-refractivity contribution in [3.05, 3.63) is 71.5 Å². The van der Waals surface area contributed by atoms with E-state index >= 15 is 0 Å². The minimum Gasteiger partial charge on any atom is -0.385 e.